The van der Waals surface area contributed by atoms with E-state index in [2.05, 4.69) is 5.32 Å². The fraction of sp³-hybridized carbons (Fsp3) is 0.364. The van der Waals surface area contributed by atoms with Gasteiger partial charge in [-0.05, 0) is 19.1 Å². The van der Waals surface area contributed by atoms with Crippen LogP contribution in [0.3, 0.4) is 0 Å². The Morgan fingerprint density at radius 1 is 1.44 bits per heavy atom. The van der Waals surface area contributed by atoms with Gasteiger partial charge in [0.25, 0.3) is 0 Å². The molecule has 0 spiro atoms. The van der Waals surface area contributed by atoms with Crippen LogP contribution in [-0.4, -0.2) is 24.2 Å². The Bertz CT molecular complexity index is 362. The molecule has 0 bridgehead atoms. The highest BCUT2D eigenvalue weighted by atomic mass is 19.1. The van der Waals surface area contributed by atoms with Crippen molar-refractivity contribution < 1.29 is 18.7 Å². The van der Waals surface area contributed by atoms with Crippen molar-refractivity contribution in [2.24, 2.45) is 0 Å². The van der Waals surface area contributed by atoms with Gasteiger partial charge in [-0.1, -0.05) is 6.07 Å². The van der Waals surface area contributed by atoms with E-state index in [-0.39, 0.29) is 18.7 Å². The number of benzene rings is 1. The zero-order valence-electron chi connectivity index (χ0n) is 8.84. The SMILES string of the molecule is CC(C(=O)NCCO)c1c(F)cccc1F. The molecule has 0 fully saturated rings. The van der Waals surface area contributed by atoms with Gasteiger partial charge < -0.3 is 10.4 Å². The minimum Gasteiger partial charge on any atom is -0.395 e. The van der Waals surface area contributed by atoms with Crippen molar-refractivity contribution in [2.75, 3.05) is 13.2 Å². The summed E-state index contributed by atoms with van der Waals surface area (Å²) in [6, 6.07) is 3.45. The molecule has 1 aromatic rings. The molecule has 0 heterocycles. The summed E-state index contributed by atoms with van der Waals surface area (Å²) in [4.78, 5) is 11.5. The fourth-order valence-electron chi connectivity index (χ4n) is 1.39. The second kappa shape index (κ2) is 5.55. The number of hydrogen-bond acceptors (Lipinski definition) is 2. The molecule has 1 atom stereocenters. The average molecular weight is 229 g/mol. The molecule has 1 aromatic carbocycles. The molecule has 0 aromatic heterocycles. The van der Waals surface area contributed by atoms with Crippen LogP contribution in [0.5, 0.6) is 0 Å². The van der Waals surface area contributed by atoms with Crippen molar-refractivity contribution >= 4 is 5.91 Å². The van der Waals surface area contributed by atoms with E-state index in [0.29, 0.717) is 0 Å². The predicted octanol–water partition coefficient (Wildman–Crippen LogP) is 1.18. The van der Waals surface area contributed by atoms with Crippen LogP contribution in [0.15, 0.2) is 18.2 Å². The summed E-state index contributed by atoms with van der Waals surface area (Å²) < 4.78 is 26.6. The van der Waals surface area contributed by atoms with Crippen LogP contribution in [-0.2, 0) is 4.79 Å². The molecular weight excluding hydrogens is 216 g/mol. The summed E-state index contributed by atoms with van der Waals surface area (Å²) in [5, 5.41) is 10.9. The van der Waals surface area contributed by atoms with Crippen LogP contribution in [0, 0.1) is 11.6 Å². The fourth-order valence-corrected chi connectivity index (χ4v) is 1.39. The van der Waals surface area contributed by atoms with Crippen LogP contribution >= 0.6 is 0 Å². The van der Waals surface area contributed by atoms with Crippen LogP contribution in [0.2, 0.25) is 0 Å². The topological polar surface area (TPSA) is 49.3 Å². The Morgan fingerprint density at radius 3 is 2.50 bits per heavy atom. The second-order valence-electron chi connectivity index (χ2n) is 3.37. The van der Waals surface area contributed by atoms with E-state index < -0.39 is 23.5 Å². The van der Waals surface area contributed by atoms with Crippen molar-refractivity contribution in [1.82, 2.24) is 5.32 Å². The normalized spacial score (nSPS) is 12.2. The molecule has 3 nitrogen and oxygen atoms in total. The number of amides is 1. The van der Waals surface area contributed by atoms with E-state index in [1.165, 1.54) is 13.0 Å². The molecule has 0 radical (unpaired) electrons. The summed E-state index contributed by atoms with van der Waals surface area (Å²) in [6.07, 6.45) is 0. The smallest absolute Gasteiger partial charge is 0.227 e. The van der Waals surface area contributed by atoms with Gasteiger partial charge >= 0.3 is 0 Å². The van der Waals surface area contributed by atoms with Crippen molar-refractivity contribution in [2.45, 2.75) is 12.8 Å². The summed E-state index contributed by atoms with van der Waals surface area (Å²) in [5.74, 6) is -2.93. The molecule has 0 aliphatic carbocycles. The third kappa shape index (κ3) is 2.76. The molecule has 0 saturated carbocycles. The first kappa shape index (κ1) is 12.6. The minimum atomic E-state index is -0.923. The number of rotatable bonds is 4. The van der Waals surface area contributed by atoms with Gasteiger partial charge in [0, 0.05) is 12.1 Å². The van der Waals surface area contributed by atoms with Gasteiger partial charge in [0.1, 0.15) is 11.6 Å². The first-order chi connectivity index (χ1) is 7.57. The Morgan fingerprint density at radius 2 is 2.00 bits per heavy atom. The maximum atomic E-state index is 13.3. The minimum absolute atomic E-state index is 0.0687. The van der Waals surface area contributed by atoms with E-state index in [1.807, 2.05) is 0 Å². The molecule has 0 aliphatic rings. The largest absolute Gasteiger partial charge is 0.395 e. The number of carbonyl (C=O) groups is 1. The van der Waals surface area contributed by atoms with Gasteiger partial charge in [0.15, 0.2) is 0 Å². The lowest BCUT2D eigenvalue weighted by Gasteiger charge is -2.13. The quantitative estimate of drug-likeness (QED) is 0.814. The highest BCUT2D eigenvalue weighted by Gasteiger charge is 2.21. The number of aliphatic hydroxyl groups is 1. The molecule has 16 heavy (non-hydrogen) atoms. The molecule has 1 unspecified atom stereocenters. The van der Waals surface area contributed by atoms with E-state index >= 15 is 0 Å². The van der Waals surface area contributed by atoms with Gasteiger partial charge in [-0.2, -0.15) is 0 Å². The number of nitrogens with one attached hydrogen (secondary N) is 1. The third-order valence-electron chi connectivity index (χ3n) is 2.24. The van der Waals surface area contributed by atoms with Gasteiger partial charge in [-0.25, -0.2) is 8.78 Å². The monoisotopic (exact) mass is 229 g/mol. The van der Waals surface area contributed by atoms with E-state index in [1.54, 1.807) is 0 Å². The number of carbonyl (C=O) groups excluding carboxylic acids is 1. The molecule has 5 heteroatoms. The van der Waals surface area contributed by atoms with Crippen LogP contribution in [0.1, 0.15) is 18.4 Å². The van der Waals surface area contributed by atoms with Crippen molar-refractivity contribution in [3.05, 3.63) is 35.4 Å². The molecule has 0 aliphatic heterocycles. The molecule has 2 N–H and O–H groups in total. The summed E-state index contributed by atoms with van der Waals surface area (Å²) >= 11 is 0. The average Bonchev–Trinajstić information content (AvgIpc) is 2.25. The van der Waals surface area contributed by atoms with E-state index in [4.69, 9.17) is 5.11 Å². The molecule has 88 valence electrons. The highest BCUT2D eigenvalue weighted by molar-refractivity contribution is 5.83. The molecular formula is C11H13F2NO2. The van der Waals surface area contributed by atoms with Gasteiger partial charge in [-0.15, -0.1) is 0 Å². The Kier molecular flexibility index (Phi) is 4.37. The Labute approximate surface area is 92.1 Å². The zero-order valence-corrected chi connectivity index (χ0v) is 8.84. The Balaban J connectivity index is 2.87. The second-order valence-corrected chi connectivity index (χ2v) is 3.37. The third-order valence-corrected chi connectivity index (χ3v) is 2.24. The summed E-state index contributed by atoms with van der Waals surface area (Å²) in [5.41, 5.74) is -0.252. The number of aliphatic hydroxyl groups excluding tert-OH is 1. The maximum absolute atomic E-state index is 13.3. The molecule has 1 rings (SSSR count). The Hall–Kier alpha value is -1.49. The zero-order chi connectivity index (χ0) is 12.1. The first-order valence-corrected chi connectivity index (χ1v) is 4.90. The van der Waals surface area contributed by atoms with Crippen LogP contribution < -0.4 is 5.32 Å². The summed E-state index contributed by atoms with van der Waals surface area (Å²) in [6.45, 7) is 1.27. The van der Waals surface area contributed by atoms with Gasteiger partial charge in [0.05, 0.1) is 12.5 Å². The number of hydrogen-bond donors (Lipinski definition) is 2. The lowest BCUT2D eigenvalue weighted by Crippen LogP contribution is -2.31. The van der Waals surface area contributed by atoms with Gasteiger partial charge in [-0.3, -0.25) is 4.79 Å². The van der Waals surface area contributed by atoms with E-state index in [0.717, 1.165) is 12.1 Å². The van der Waals surface area contributed by atoms with Gasteiger partial charge in [0.2, 0.25) is 5.91 Å². The van der Waals surface area contributed by atoms with Crippen LogP contribution in [0.4, 0.5) is 8.78 Å². The van der Waals surface area contributed by atoms with Crippen molar-refractivity contribution in [3.63, 3.8) is 0 Å². The molecule has 0 saturated heterocycles. The molecule has 1 amide bonds. The maximum Gasteiger partial charge on any atom is 0.227 e. The van der Waals surface area contributed by atoms with Crippen LogP contribution in [0.25, 0.3) is 0 Å². The lowest BCUT2D eigenvalue weighted by atomic mass is 9.99. The van der Waals surface area contributed by atoms with E-state index in [9.17, 15) is 13.6 Å². The standard InChI is InChI=1S/C11H13F2NO2/c1-7(11(16)14-5-6-15)10-8(12)3-2-4-9(10)13/h2-4,7,15H,5-6H2,1H3,(H,14,16). The predicted molar refractivity (Wildman–Crippen MR) is 54.9 cm³/mol. The number of halogens is 2. The van der Waals surface area contributed by atoms with Crippen molar-refractivity contribution in [1.29, 1.82) is 0 Å². The first-order valence-electron chi connectivity index (χ1n) is 4.90. The van der Waals surface area contributed by atoms with Crippen molar-refractivity contribution in [3.8, 4) is 0 Å². The lowest BCUT2D eigenvalue weighted by molar-refractivity contribution is -0.122. The highest BCUT2D eigenvalue weighted by Crippen LogP contribution is 2.22. The summed E-state index contributed by atoms with van der Waals surface area (Å²) in [7, 11) is 0.